The number of nitrogens with zero attached hydrogens (tertiary/aromatic N) is 2. The highest BCUT2D eigenvalue weighted by Crippen LogP contribution is 2.26. The molecule has 1 heterocycles. The summed E-state index contributed by atoms with van der Waals surface area (Å²) in [6, 6.07) is 0. The first kappa shape index (κ1) is 9.47. The highest BCUT2D eigenvalue weighted by Gasteiger charge is 2.23. The first-order valence-corrected chi connectivity index (χ1v) is 5.83. The Balaban J connectivity index is 1.70. The molecule has 1 saturated heterocycles. The van der Waals surface area contributed by atoms with Crippen molar-refractivity contribution in [3.8, 4) is 0 Å². The van der Waals surface area contributed by atoms with E-state index in [1.54, 1.807) is 0 Å². The highest BCUT2D eigenvalue weighted by molar-refractivity contribution is 4.76. The summed E-state index contributed by atoms with van der Waals surface area (Å²) in [7, 11) is 0. The quantitative estimate of drug-likeness (QED) is 0.656. The predicted molar refractivity (Wildman–Crippen MR) is 55.6 cm³/mol. The molecule has 1 aliphatic carbocycles. The zero-order valence-corrected chi connectivity index (χ0v) is 8.84. The summed E-state index contributed by atoms with van der Waals surface area (Å²) in [6.45, 7) is 8.69. The average molecular weight is 182 g/mol. The lowest BCUT2D eigenvalue weighted by Gasteiger charge is -2.20. The zero-order chi connectivity index (χ0) is 9.10. The van der Waals surface area contributed by atoms with Crippen LogP contribution in [-0.4, -0.2) is 42.6 Å². The van der Waals surface area contributed by atoms with Gasteiger partial charge < -0.3 is 0 Å². The molecule has 0 spiro atoms. The molecule has 0 N–H and O–H groups in total. The van der Waals surface area contributed by atoms with Gasteiger partial charge in [0.05, 0.1) is 6.67 Å². The van der Waals surface area contributed by atoms with E-state index >= 15 is 0 Å². The molecule has 2 heteroatoms. The van der Waals surface area contributed by atoms with Gasteiger partial charge in [0.15, 0.2) is 0 Å². The van der Waals surface area contributed by atoms with E-state index in [4.69, 9.17) is 0 Å². The molecule has 0 atom stereocenters. The maximum Gasteiger partial charge on any atom is 0.0507 e. The third kappa shape index (κ3) is 2.44. The fourth-order valence-electron chi connectivity index (χ4n) is 2.67. The number of rotatable bonds is 3. The van der Waals surface area contributed by atoms with Crippen LogP contribution in [0.3, 0.4) is 0 Å². The van der Waals surface area contributed by atoms with Gasteiger partial charge in [-0.2, -0.15) is 0 Å². The molecular formula is C11H22N2. The van der Waals surface area contributed by atoms with Crippen LogP contribution in [0.25, 0.3) is 0 Å². The van der Waals surface area contributed by atoms with Crippen molar-refractivity contribution in [2.75, 3.05) is 32.8 Å². The first-order chi connectivity index (χ1) is 6.38. The van der Waals surface area contributed by atoms with E-state index in [9.17, 15) is 0 Å². The summed E-state index contributed by atoms with van der Waals surface area (Å²) in [5.74, 6) is 1.02. The van der Waals surface area contributed by atoms with Crippen LogP contribution in [0.1, 0.15) is 32.6 Å². The van der Waals surface area contributed by atoms with Gasteiger partial charge in [-0.25, -0.2) is 0 Å². The Morgan fingerprint density at radius 3 is 2.38 bits per heavy atom. The Morgan fingerprint density at radius 1 is 1.08 bits per heavy atom. The molecule has 2 nitrogen and oxygen atoms in total. The molecular weight excluding hydrogens is 160 g/mol. The third-order valence-electron chi connectivity index (χ3n) is 3.57. The van der Waals surface area contributed by atoms with Crippen LogP contribution in [0.15, 0.2) is 0 Å². The van der Waals surface area contributed by atoms with E-state index in [0.29, 0.717) is 0 Å². The molecule has 0 aromatic carbocycles. The Bertz CT molecular complexity index is 152. The van der Waals surface area contributed by atoms with E-state index in [1.807, 2.05) is 0 Å². The summed E-state index contributed by atoms with van der Waals surface area (Å²) in [6.07, 6.45) is 5.94. The lowest BCUT2D eigenvalue weighted by atomic mass is 10.1. The summed E-state index contributed by atoms with van der Waals surface area (Å²) in [5.41, 5.74) is 0. The van der Waals surface area contributed by atoms with Crippen molar-refractivity contribution in [2.45, 2.75) is 32.6 Å². The molecule has 0 radical (unpaired) electrons. The minimum Gasteiger partial charge on any atom is -0.289 e. The van der Waals surface area contributed by atoms with E-state index in [-0.39, 0.29) is 0 Å². The molecule has 76 valence electrons. The minimum absolute atomic E-state index is 1.02. The Morgan fingerprint density at radius 2 is 1.77 bits per heavy atom. The van der Waals surface area contributed by atoms with Crippen molar-refractivity contribution >= 4 is 0 Å². The van der Waals surface area contributed by atoms with Gasteiger partial charge in [-0.05, 0) is 25.3 Å². The second-order valence-corrected chi connectivity index (χ2v) is 4.58. The molecule has 0 amide bonds. The van der Waals surface area contributed by atoms with E-state index in [2.05, 4.69) is 16.7 Å². The molecule has 2 fully saturated rings. The highest BCUT2D eigenvalue weighted by atomic mass is 15.4. The van der Waals surface area contributed by atoms with E-state index in [1.165, 1.54) is 58.5 Å². The van der Waals surface area contributed by atoms with E-state index in [0.717, 1.165) is 5.92 Å². The van der Waals surface area contributed by atoms with Gasteiger partial charge in [-0.1, -0.05) is 19.8 Å². The van der Waals surface area contributed by atoms with Gasteiger partial charge in [0.2, 0.25) is 0 Å². The van der Waals surface area contributed by atoms with Gasteiger partial charge in [0.25, 0.3) is 0 Å². The number of hydrogen-bond acceptors (Lipinski definition) is 2. The molecule has 2 rings (SSSR count). The van der Waals surface area contributed by atoms with E-state index < -0.39 is 0 Å². The largest absolute Gasteiger partial charge is 0.289 e. The third-order valence-corrected chi connectivity index (χ3v) is 3.57. The van der Waals surface area contributed by atoms with Crippen LogP contribution >= 0.6 is 0 Å². The zero-order valence-electron chi connectivity index (χ0n) is 8.84. The van der Waals surface area contributed by atoms with Crippen molar-refractivity contribution in [1.29, 1.82) is 0 Å². The van der Waals surface area contributed by atoms with Crippen molar-refractivity contribution < 1.29 is 0 Å². The van der Waals surface area contributed by atoms with Crippen LogP contribution in [0, 0.1) is 5.92 Å². The van der Waals surface area contributed by atoms with Crippen LogP contribution < -0.4 is 0 Å². The molecule has 2 aliphatic rings. The van der Waals surface area contributed by atoms with Gasteiger partial charge in [-0.15, -0.1) is 0 Å². The standard InChI is InChI=1S/C11H22N2/c1-2-12-7-8-13(10-12)9-11-5-3-4-6-11/h11H,2-10H2,1H3. The van der Waals surface area contributed by atoms with Gasteiger partial charge >= 0.3 is 0 Å². The summed E-state index contributed by atoms with van der Waals surface area (Å²) in [4.78, 5) is 5.18. The molecule has 1 aliphatic heterocycles. The normalized spacial score (nSPS) is 27.5. The smallest absolute Gasteiger partial charge is 0.0507 e. The number of likely N-dealkylation sites (N-methyl/N-ethyl adjacent to an activating group) is 1. The van der Waals surface area contributed by atoms with Crippen molar-refractivity contribution in [3.05, 3.63) is 0 Å². The maximum atomic E-state index is 2.64. The summed E-state index contributed by atoms with van der Waals surface area (Å²) < 4.78 is 0. The fourth-order valence-corrected chi connectivity index (χ4v) is 2.67. The molecule has 1 saturated carbocycles. The fraction of sp³-hybridized carbons (Fsp3) is 1.00. The molecule has 13 heavy (non-hydrogen) atoms. The van der Waals surface area contributed by atoms with Crippen LogP contribution in [0.5, 0.6) is 0 Å². The first-order valence-electron chi connectivity index (χ1n) is 5.83. The predicted octanol–water partition coefficient (Wildman–Crippen LogP) is 1.77. The van der Waals surface area contributed by atoms with Crippen molar-refractivity contribution in [2.24, 2.45) is 5.92 Å². The Hall–Kier alpha value is -0.0800. The summed E-state index contributed by atoms with van der Waals surface area (Å²) in [5, 5.41) is 0. The topological polar surface area (TPSA) is 6.48 Å². The van der Waals surface area contributed by atoms with Crippen molar-refractivity contribution in [3.63, 3.8) is 0 Å². The second kappa shape index (κ2) is 4.43. The molecule has 0 aromatic heterocycles. The molecule has 0 aromatic rings. The van der Waals surface area contributed by atoms with Gasteiger partial charge in [0, 0.05) is 19.6 Å². The molecule has 0 unspecified atom stereocenters. The monoisotopic (exact) mass is 182 g/mol. The van der Waals surface area contributed by atoms with Gasteiger partial charge in [0.1, 0.15) is 0 Å². The lowest BCUT2D eigenvalue weighted by molar-refractivity contribution is 0.224. The van der Waals surface area contributed by atoms with Crippen LogP contribution in [0.2, 0.25) is 0 Å². The minimum atomic E-state index is 1.02. The molecule has 0 bridgehead atoms. The average Bonchev–Trinajstić information content (AvgIpc) is 2.76. The van der Waals surface area contributed by atoms with Crippen LogP contribution in [-0.2, 0) is 0 Å². The Kier molecular flexibility index (Phi) is 3.23. The second-order valence-electron chi connectivity index (χ2n) is 4.58. The SMILES string of the molecule is CCN1CCN(CC2CCCC2)C1. The van der Waals surface area contributed by atoms with Crippen LogP contribution in [0.4, 0.5) is 0 Å². The maximum absolute atomic E-state index is 2.64. The van der Waals surface area contributed by atoms with Gasteiger partial charge in [-0.3, -0.25) is 9.80 Å². The lowest BCUT2D eigenvalue weighted by Crippen LogP contribution is -2.29. The number of hydrogen-bond donors (Lipinski definition) is 0. The summed E-state index contributed by atoms with van der Waals surface area (Å²) >= 11 is 0. The Labute approximate surface area is 81.9 Å². The van der Waals surface area contributed by atoms with Crippen molar-refractivity contribution in [1.82, 2.24) is 9.80 Å².